The molecule has 0 N–H and O–H groups in total. The van der Waals surface area contributed by atoms with E-state index in [2.05, 4.69) is 13.8 Å². The molecule has 1 aliphatic heterocycles. The van der Waals surface area contributed by atoms with Crippen LogP contribution in [0.25, 0.3) is 0 Å². The van der Waals surface area contributed by atoms with Crippen molar-refractivity contribution in [2.24, 2.45) is 0 Å². The molecule has 0 spiro atoms. The molecule has 1 saturated heterocycles. The molecule has 0 radical (unpaired) electrons. The highest BCUT2D eigenvalue weighted by molar-refractivity contribution is 5.95. The van der Waals surface area contributed by atoms with Gasteiger partial charge in [0.05, 0.1) is 13.2 Å². The molecule has 4 heteroatoms. The summed E-state index contributed by atoms with van der Waals surface area (Å²) in [4.78, 5) is 14.9. The van der Waals surface area contributed by atoms with Crippen molar-refractivity contribution in [1.29, 1.82) is 0 Å². The summed E-state index contributed by atoms with van der Waals surface area (Å²) in [5.74, 6) is 1.36. The first-order valence-electron chi connectivity index (χ1n) is 8.11. The molecule has 22 heavy (non-hydrogen) atoms. The van der Waals surface area contributed by atoms with E-state index < -0.39 is 0 Å². The standard InChI is InChI=1S/C18H27NO3/c1-12(2)22-16-10-9-15(11-17(16)21-5)18(20)19-13(3)7-6-8-14(19)4/h9-14H,6-8H2,1-5H3. The van der Waals surface area contributed by atoms with Gasteiger partial charge in [-0.05, 0) is 65.2 Å². The topological polar surface area (TPSA) is 38.8 Å². The number of ether oxygens (including phenoxy) is 2. The third-order valence-corrected chi connectivity index (χ3v) is 4.20. The third kappa shape index (κ3) is 3.54. The summed E-state index contributed by atoms with van der Waals surface area (Å²) in [7, 11) is 1.60. The van der Waals surface area contributed by atoms with Crippen LogP contribution in [0.4, 0.5) is 0 Å². The Morgan fingerprint density at radius 1 is 1.18 bits per heavy atom. The molecule has 122 valence electrons. The van der Waals surface area contributed by atoms with Gasteiger partial charge in [0.2, 0.25) is 0 Å². The highest BCUT2D eigenvalue weighted by Gasteiger charge is 2.30. The van der Waals surface area contributed by atoms with Crippen LogP contribution in [0.2, 0.25) is 0 Å². The van der Waals surface area contributed by atoms with E-state index >= 15 is 0 Å². The smallest absolute Gasteiger partial charge is 0.254 e. The van der Waals surface area contributed by atoms with Crippen molar-refractivity contribution in [1.82, 2.24) is 4.90 Å². The van der Waals surface area contributed by atoms with Crippen LogP contribution >= 0.6 is 0 Å². The second kappa shape index (κ2) is 7.03. The lowest BCUT2D eigenvalue weighted by molar-refractivity contribution is 0.0510. The summed E-state index contributed by atoms with van der Waals surface area (Å²) in [6.45, 7) is 8.19. The Bertz CT molecular complexity index is 517. The molecule has 0 aromatic heterocycles. The second-order valence-electron chi connectivity index (χ2n) is 6.37. The number of piperidine rings is 1. The number of amides is 1. The number of carbonyl (C=O) groups excluding carboxylic acids is 1. The molecule has 0 aliphatic carbocycles. The summed E-state index contributed by atoms with van der Waals surface area (Å²) in [6, 6.07) is 6.01. The second-order valence-corrected chi connectivity index (χ2v) is 6.37. The van der Waals surface area contributed by atoms with E-state index in [1.807, 2.05) is 30.9 Å². The van der Waals surface area contributed by atoms with E-state index in [9.17, 15) is 4.79 Å². The SMILES string of the molecule is COc1cc(C(=O)N2C(C)CCCC2C)ccc1OC(C)C. The summed E-state index contributed by atoms with van der Waals surface area (Å²) in [6.07, 6.45) is 3.40. The van der Waals surface area contributed by atoms with Crippen LogP contribution in [-0.4, -0.2) is 36.1 Å². The van der Waals surface area contributed by atoms with Crippen LogP contribution in [0.15, 0.2) is 18.2 Å². The zero-order chi connectivity index (χ0) is 16.3. The average molecular weight is 305 g/mol. The zero-order valence-corrected chi connectivity index (χ0v) is 14.3. The van der Waals surface area contributed by atoms with Crippen LogP contribution in [-0.2, 0) is 0 Å². The molecular weight excluding hydrogens is 278 g/mol. The normalized spacial score (nSPS) is 21.8. The molecule has 4 nitrogen and oxygen atoms in total. The van der Waals surface area contributed by atoms with Crippen LogP contribution in [0, 0.1) is 0 Å². The van der Waals surface area contributed by atoms with Gasteiger partial charge < -0.3 is 14.4 Å². The lowest BCUT2D eigenvalue weighted by Gasteiger charge is -2.39. The number of likely N-dealkylation sites (tertiary alicyclic amines) is 1. The Labute approximate surface area is 133 Å². The van der Waals surface area contributed by atoms with Gasteiger partial charge >= 0.3 is 0 Å². The van der Waals surface area contributed by atoms with Crippen molar-refractivity contribution in [3.8, 4) is 11.5 Å². The molecule has 1 aromatic carbocycles. The Morgan fingerprint density at radius 3 is 2.36 bits per heavy atom. The maximum Gasteiger partial charge on any atom is 0.254 e. The largest absolute Gasteiger partial charge is 0.493 e. The number of hydrogen-bond acceptors (Lipinski definition) is 3. The molecule has 1 aromatic rings. The summed E-state index contributed by atoms with van der Waals surface area (Å²) in [5.41, 5.74) is 0.661. The van der Waals surface area contributed by atoms with Gasteiger partial charge in [0.15, 0.2) is 11.5 Å². The van der Waals surface area contributed by atoms with Crippen LogP contribution in [0.5, 0.6) is 11.5 Å². The third-order valence-electron chi connectivity index (χ3n) is 4.20. The predicted molar refractivity (Wildman–Crippen MR) is 87.7 cm³/mol. The molecule has 2 rings (SSSR count). The van der Waals surface area contributed by atoms with E-state index in [0.29, 0.717) is 17.1 Å². The number of nitrogens with zero attached hydrogens (tertiary/aromatic N) is 1. The van der Waals surface area contributed by atoms with E-state index in [0.717, 1.165) is 12.8 Å². The van der Waals surface area contributed by atoms with E-state index in [-0.39, 0.29) is 24.1 Å². The Balaban J connectivity index is 2.26. The number of methoxy groups -OCH3 is 1. The summed E-state index contributed by atoms with van der Waals surface area (Å²) >= 11 is 0. The predicted octanol–water partition coefficient (Wildman–Crippen LogP) is 3.89. The average Bonchev–Trinajstić information content (AvgIpc) is 2.46. The highest BCUT2D eigenvalue weighted by Crippen LogP contribution is 2.31. The quantitative estimate of drug-likeness (QED) is 0.847. The van der Waals surface area contributed by atoms with Crippen LogP contribution in [0.1, 0.15) is 57.3 Å². The first kappa shape index (κ1) is 16.7. The van der Waals surface area contributed by atoms with Crippen molar-refractivity contribution in [2.75, 3.05) is 7.11 Å². The van der Waals surface area contributed by atoms with Crippen LogP contribution in [0.3, 0.4) is 0 Å². The minimum atomic E-state index is 0.0672. The maximum atomic E-state index is 12.9. The first-order valence-corrected chi connectivity index (χ1v) is 8.11. The van der Waals surface area contributed by atoms with Gasteiger partial charge in [0.1, 0.15) is 0 Å². The van der Waals surface area contributed by atoms with Gasteiger partial charge in [0.25, 0.3) is 5.91 Å². The molecular formula is C18H27NO3. The first-order chi connectivity index (χ1) is 10.4. The Kier molecular flexibility index (Phi) is 5.33. The fourth-order valence-electron chi connectivity index (χ4n) is 3.12. The maximum absolute atomic E-state index is 12.9. The van der Waals surface area contributed by atoms with E-state index in [1.54, 1.807) is 13.2 Å². The lowest BCUT2D eigenvalue weighted by Crippen LogP contribution is -2.47. The number of rotatable bonds is 4. The van der Waals surface area contributed by atoms with Gasteiger partial charge in [-0.1, -0.05) is 0 Å². The molecule has 1 amide bonds. The number of benzene rings is 1. The molecule has 0 saturated carbocycles. The monoisotopic (exact) mass is 305 g/mol. The van der Waals surface area contributed by atoms with E-state index in [1.165, 1.54) is 6.42 Å². The highest BCUT2D eigenvalue weighted by atomic mass is 16.5. The molecule has 0 bridgehead atoms. The van der Waals surface area contributed by atoms with Crippen molar-refractivity contribution in [3.05, 3.63) is 23.8 Å². The minimum Gasteiger partial charge on any atom is -0.493 e. The van der Waals surface area contributed by atoms with E-state index in [4.69, 9.17) is 9.47 Å². The molecule has 1 heterocycles. The minimum absolute atomic E-state index is 0.0672. The van der Waals surface area contributed by atoms with Crippen molar-refractivity contribution in [3.63, 3.8) is 0 Å². The van der Waals surface area contributed by atoms with Gasteiger partial charge in [0, 0.05) is 17.6 Å². The van der Waals surface area contributed by atoms with Crippen molar-refractivity contribution in [2.45, 2.75) is 65.1 Å². The number of carbonyl (C=O) groups is 1. The Morgan fingerprint density at radius 2 is 1.82 bits per heavy atom. The fraction of sp³-hybridized carbons (Fsp3) is 0.611. The van der Waals surface area contributed by atoms with Crippen molar-refractivity contribution < 1.29 is 14.3 Å². The van der Waals surface area contributed by atoms with Crippen molar-refractivity contribution >= 4 is 5.91 Å². The Hall–Kier alpha value is -1.71. The molecule has 1 fully saturated rings. The van der Waals surface area contributed by atoms with Crippen LogP contribution < -0.4 is 9.47 Å². The molecule has 2 unspecified atom stereocenters. The zero-order valence-electron chi connectivity index (χ0n) is 14.3. The summed E-state index contributed by atoms with van der Waals surface area (Å²) in [5, 5.41) is 0. The van der Waals surface area contributed by atoms with Gasteiger partial charge in [-0.2, -0.15) is 0 Å². The lowest BCUT2D eigenvalue weighted by atomic mass is 9.96. The molecule has 2 atom stereocenters. The fourth-order valence-corrected chi connectivity index (χ4v) is 3.12. The number of hydrogen-bond donors (Lipinski definition) is 0. The summed E-state index contributed by atoms with van der Waals surface area (Å²) < 4.78 is 11.1. The van der Waals surface area contributed by atoms with Gasteiger partial charge in [-0.3, -0.25) is 4.79 Å². The van der Waals surface area contributed by atoms with Gasteiger partial charge in [-0.25, -0.2) is 0 Å². The molecule has 1 aliphatic rings. The van der Waals surface area contributed by atoms with Gasteiger partial charge in [-0.15, -0.1) is 0 Å².